The van der Waals surface area contributed by atoms with Crippen LogP contribution in [0.4, 0.5) is 4.39 Å². The maximum atomic E-state index is 14.8. The molecule has 1 heterocycles. The van der Waals surface area contributed by atoms with Crippen molar-refractivity contribution in [3.05, 3.63) is 0 Å². The lowest BCUT2D eigenvalue weighted by atomic mass is 9.89. The van der Waals surface area contributed by atoms with Gasteiger partial charge < -0.3 is 9.47 Å². The van der Waals surface area contributed by atoms with Crippen LogP contribution in [0.2, 0.25) is 0 Å². The van der Waals surface area contributed by atoms with Crippen LogP contribution in [0, 0.1) is 0 Å². The number of ether oxygens (including phenoxy) is 2. The Kier molecular flexibility index (Phi) is 6.28. The van der Waals surface area contributed by atoms with Gasteiger partial charge in [-0.3, -0.25) is 14.5 Å². The minimum Gasteiger partial charge on any atom is -0.466 e. The first-order valence-electron chi connectivity index (χ1n) is 7.40. The number of carbonyl (C=O) groups excluding carboxylic acids is 2. The minimum absolute atomic E-state index is 0.0265. The first kappa shape index (κ1) is 18.0. The van der Waals surface area contributed by atoms with Crippen LogP contribution in [0.1, 0.15) is 47.0 Å². The van der Waals surface area contributed by atoms with E-state index in [1.807, 2.05) is 20.8 Å². The van der Waals surface area contributed by atoms with E-state index in [2.05, 4.69) is 0 Å². The van der Waals surface area contributed by atoms with Gasteiger partial charge in [-0.25, -0.2) is 4.39 Å². The van der Waals surface area contributed by atoms with Gasteiger partial charge in [0.25, 0.3) is 0 Å². The van der Waals surface area contributed by atoms with Crippen LogP contribution in [0.25, 0.3) is 0 Å². The summed E-state index contributed by atoms with van der Waals surface area (Å²) >= 11 is 0. The molecule has 0 aromatic heterocycles. The highest BCUT2D eigenvalue weighted by atomic mass is 19.1. The smallest absolute Gasteiger partial charge is 0.313 e. The molecule has 1 fully saturated rings. The van der Waals surface area contributed by atoms with E-state index in [0.29, 0.717) is 13.0 Å². The van der Waals surface area contributed by atoms with Crippen LogP contribution in [-0.2, 0) is 19.1 Å². The first-order chi connectivity index (χ1) is 9.66. The molecule has 0 amide bonds. The summed E-state index contributed by atoms with van der Waals surface area (Å²) in [5, 5.41) is 0. The molecule has 1 unspecified atom stereocenters. The molecule has 1 aliphatic rings. The zero-order valence-electron chi connectivity index (χ0n) is 13.4. The van der Waals surface area contributed by atoms with Gasteiger partial charge in [0.2, 0.25) is 0 Å². The molecule has 0 spiro atoms. The summed E-state index contributed by atoms with van der Waals surface area (Å²) in [4.78, 5) is 25.1. The number of alkyl halides is 1. The maximum Gasteiger partial charge on any atom is 0.313 e. The van der Waals surface area contributed by atoms with Crippen LogP contribution in [0.3, 0.4) is 0 Å². The fraction of sp³-hybridized carbons (Fsp3) is 0.867. The molecular formula is C15H26FNO4. The summed E-state index contributed by atoms with van der Waals surface area (Å²) in [6.45, 7) is 8.55. The molecule has 0 N–H and O–H groups in total. The lowest BCUT2D eigenvalue weighted by Crippen LogP contribution is -2.51. The third-order valence-electron chi connectivity index (χ3n) is 3.31. The van der Waals surface area contributed by atoms with Gasteiger partial charge >= 0.3 is 5.97 Å². The highest BCUT2D eigenvalue weighted by Gasteiger charge is 2.43. The number of hydrogen-bond acceptors (Lipinski definition) is 5. The van der Waals surface area contributed by atoms with E-state index in [0.717, 1.165) is 0 Å². The van der Waals surface area contributed by atoms with E-state index < -0.39 is 23.8 Å². The molecule has 1 atom stereocenters. The third kappa shape index (κ3) is 6.09. The number of esters is 1. The van der Waals surface area contributed by atoms with E-state index >= 15 is 0 Å². The fourth-order valence-corrected chi connectivity index (χ4v) is 2.22. The summed E-state index contributed by atoms with van der Waals surface area (Å²) in [6.07, 6.45) is 0.216. The van der Waals surface area contributed by atoms with Crippen LogP contribution in [-0.4, -0.2) is 54.3 Å². The van der Waals surface area contributed by atoms with Crippen molar-refractivity contribution in [2.45, 2.75) is 58.2 Å². The fourth-order valence-electron chi connectivity index (χ4n) is 2.22. The summed E-state index contributed by atoms with van der Waals surface area (Å²) in [7, 11) is 0. The molecule has 1 rings (SSSR count). The van der Waals surface area contributed by atoms with Crippen molar-refractivity contribution >= 4 is 11.8 Å². The zero-order valence-corrected chi connectivity index (χ0v) is 13.4. The molecule has 1 aliphatic heterocycles. The van der Waals surface area contributed by atoms with E-state index in [1.165, 1.54) is 0 Å². The van der Waals surface area contributed by atoms with Crippen LogP contribution in [0.5, 0.6) is 0 Å². The minimum atomic E-state index is -1.98. The maximum absolute atomic E-state index is 14.8. The Hall–Kier alpha value is -1.01. The standard InChI is InChI=1S/C15H26FNO4/c1-5-20-13(19)9-12(18)15(16)7-6-8-17(10-15)11-21-14(2,3)4/h5-11H2,1-4H3. The topological polar surface area (TPSA) is 55.8 Å². The summed E-state index contributed by atoms with van der Waals surface area (Å²) < 4.78 is 25.1. The predicted molar refractivity (Wildman–Crippen MR) is 76.6 cm³/mol. The molecule has 6 heteroatoms. The van der Waals surface area contributed by atoms with Crippen molar-refractivity contribution in [2.24, 2.45) is 0 Å². The van der Waals surface area contributed by atoms with Crippen molar-refractivity contribution in [1.29, 1.82) is 0 Å². The summed E-state index contributed by atoms with van der Waals surface area (Å²) in [6, 6.07) is 0. The SMILES string of the molecule is CCOC(=O)CC(=O)C1(F)CCCN(COC(C)(C)C)C1. The second kappa shape index (κ2) is 7.31. The van der Waals surface area contributed by atoms with Gasteiger partial charge in [-0.05, 0) is 40.5 Å². The van der Waals surface area contributed by atoms with Crippen molar-refractivity contribution in [3.8, 4) is 0 Å². The molecule has 122 valence electrons. The van der Waals surface area contributed by atoms with Gasteiger partial charge in [0.1, 0.15) is 6.42 Å². The Morgan fingerprint density at radius 3 is 2.57 bits per heavy atom. The molecule has 0 saturated carbocycles. The highest BCUT2D eigenvalue weighted by molar-refractivity contribution is 6.00. The average Bonchev–Trinajstić information content (AvgIpc) is 2.36. The van der Waals surface area contributed by atoms with Gasteiger partial charge in [-0.2, -0.15) is 0 Å². The number of likely N-dealkylation sites (tertiary alicyclic amines) is 1. The highest BCUT2D eigenvalue weighted by Crippen LogP contribution is 2.28. The second-order valence-corrected chi connectivity index (χ2v) is 6.41. The largest absolute Gasteiger partial charge is 0.466 e. The summed E-state index contributed by atoms with van der Waals surface area (Å²) in [5.41, 5.74) is -2.29. The zero-order chi connectivity index (χ0) is 16.1. The lowest BCUT2D eigenvalue weighted by molar-refractivity contribution is -0.151. The molecule has 0 aromatic carbocycles. The van der Waals surface area contributed by atoms with E-state index in [4.69, 9.17) is 9.47 Å². The second-order valence-electron chi connectivity index (χ2n) is 6.41. The number of nitrogens with zero attached hydrogens (tertiary/aromatic N) is 1. The average molecular weight is 303 g/mol. The number of ketones is 1. The third-order valence-corrected chi connectivity index (χ3v) is 3.31. The predicted octanol–water partition coefficient (Wildman–Crippen LogP) is 2.09. The van der Waals surface area contributed by atoms with Gasteiger partial charge in [-0.1, -0.05) is 0 Å². The lowest BCUT2D eigenvalue weighted by Gasteiger charge is -2.37. The Morgan fingerprint density at radius 1 is 1.33 bits per heavy atom. The molecule has 0 bridgehead atoms. The molecule has 21 heavy (non-hydrogen) atoms. The molecule has 1 saturated heterocycles. The Morgan fingerprint density at radius 2 is 2.00 bits per heavy atom. The van der Waals surface area contributed by atoms with Gasteiger partial charge in [-0.15, -0.1) is 0 Å². The van der Waals surface area contributed by atoms with Crippen LogP contribution in [0.15, 0.2) is 0 Å². The van der Waals surface area contributed by atoms with Crippen molar-refractivity contribution < 1.29 is 23.5 Å². The van der Waals surface area contributed by atoms with Gasteiger partial charge in [0, 0.05) is 13.1 Å². The number of carbonyl (C=O) groups is 2. The number of hydrogen-bond donors (Lipinski definition) is 0. The van der Waals surface area contributed by atoms with Crippen LogP contribution < -0.4 is 0 Å². The molecular weight excluding hydrogens is 277 g/mol. The van der Waals surface area contributed by atoms with E-state index in [1.54, 1.807) is 11.8 Å². The Labute approximate surface area is 125 Å². The van der Waals surface area contributed by atoms with Crippen molar-refractivity contribution in [3.63, 3.8) is 0 Å². The normalized spacial score (nSPS) is 23.9. The summed E-state index contributed by atoms with van der Waals surface area (Å²) in [5.74, 6) is -1.36. The first-order valence-corrected chi connectivity index (χ1v) is 7.40. The van der Waals surface area contributed by atoms with E-state index in [-0.39, 0.29) is 31.9 Å². The van der Waals surface area contributed by atoms with Crippen LogP contribution >= 0.6 is 0 Å². The number of halogens is 1. The Balaban J connectivity index is 2.56. The number of Topliss-reactive ketones (excluding diaryl/α,β-unsaturated/α-hetero) is 1. The van der Waals surface area contributed by atoms with E-state index in [9.17, 15) is 14.0 Å². The molecule has 0 aliphatic carbocycles. The van der Waals surface area contributed by atoms with Gasteiger partial charge in [0.15, 0.2) is 11.5 Å². The van der Waals surface area contributed by atoms with Gasteiger partial charge in [0.05, 0.1) is 18.9 Å². The quantitative estimate of drug-likeness (QED) is 0.555. The molecule has 5 nitrogen and oxygen atoms in total. The molecule has 0 radical (unpaired) electrons. The van der Waals surface area contributed by atoms with Crippen molar-refractivity contribution in [2.75, 3.05) is 26.4 Å². The Bertz CT molecular complexity index is 380. The van der Waals surface area contributed by atoms with Crippen molar-refractivity contribution in [1.82, 2.24) is 4.90 Å². The monoisotopic (exact) mass is 303 g/mol. The molecule has 0 aromatic rings. The number of rotatable bonds is 6. The number of piperidine rings is 1.